The fourth-order valence-corrected chi connectivity index (χ4v) is 3.06. The molecule has 0 bridgehead atoms. The van der Waals surface area contributed by atoms with Gasteiger partial charge in [-0.1, -0.05) is 19.3 Å². The molecule has 4 amide bonds. The third-order valence-corrected chi connectivity index (χ3v) is 4.57. The van der Waals surface area contributed by atoms with E-state index in [-0.39, 0.29) is 29.9 Å². The van der Waals surface area contributed by atoms with E-state index in [1.807, 2.05) is 14.0 Å². The number of carbonyl (C=O) groups is 3. The number of likely N-dealkylation sites (N-methyl/N-ethyl adjacent to an activating group) is 1. The molecule has 1 rings (SSSR count). The summed E-state index contributed by atoms with van der Waals surface area (Å²) in [7, 11) is 1.83. The van der Waals surface area contributed by atoms with Gasteiger partial charge in [-0.2, -0.15) is 0 Å². The van der Waals surface area contributed by atoms with Crippen molar-refractivity contribution in [1.29, 1.82) is 0 Å². The van der Waals surface area contributed by atoms with Crippen LogP contribution in [0, 0.1) is 0 Å². The van der Waals surface area contributed by atoms with Crippen molar-refractivity contribution >= 4 is 17.8 Å². The van der Waals surface area contributed by atoms with Crippen molar-refractivity contribution in [2.75, 3.05) is 13.6 Å². The lowest BCUT2D eigenvalue weighted by Gasteiger charge is -2.20. The number of rotatable bonds is 12. The second-order valence-corrected chi connectivity index (χ2v) is 6.64. The van der Waals surface area contributed by atoms with Crippen LogP contribution in [0.25, 0.3) is 0 Å². The lowest BCUT2D eigenvalue weighted by atomic mass is 10.0. The first-order chi connectivity index (χ1) is 11.4. The van der Waals surface area contributed by atoms with Gasteiger partial charge < -0.3 is 21.3 Å². The Morgan fingerprint density at radius 2 is 1.79 bits per heavy atom. The Bertz CT molecular complexity index is 428. The smallest absolute Gasteiger partial charge is 0.317 e. The van der Waals surface area contributed by atoms with Crippen LogP contribution in [0.15, 0.2) is 0 Å². The lowest BCUT2D eigenvalue weighted by Crippen LogP contribution is -2.32. The summed E-state index contributed by atoms with van der Waals surface area (Å²) in [6.45, 7) is 2.69. The van der Waals surface area contributed by atoms with Gasteiger partial charge in [-0.15, -0.1) is 0 Å². The molecule has 138 valence electrons. The van der Waals surface area contributed by atoms with E-state index in [0.29, 0.717) is 19.4 Å². The molecule has 0 unspecified atom stereocenters. The van der Waals surface area contributed by atoms with Gasteiger partial charge in [0.1, 0.15) is 0 Å². The van der Waals surface area contributed by atoms with Crippen molar-refractivity contribution in [1.82, 2.24) is 15.5 Å². The number of nitrogens with two attached hydrogens (primary N) is 1. The summed E-state index contributed by atoms with van der Waals surface area (Å²) in [4.78, 5) is 35.6. The van der Waals surface area contributed by atoms with Crippen LogP contribution >= 0.6 is 0 Å². The number of urea groups is 1. The Kier molecular flexibility index (Phi) is 9.19. The summed E-state index contributed by atoms with van der Waals surface area (Å²) in [5.74, 6) is -0.175. The van der Waals surface area contributed by atoms with Crippen LogP contribution in [0.5, 0.6) is 0 Å². The molecule has 0 spiro atoms. The summed E-state index contributed by atoms with van der Waals surface area (Å²) in [5.41, 5.74) is 5.07. The molecule has 1 fully saturated rings. The highest BCUT2D eigenvalue weighted by molar-refractivity contribution is 5.77. The Balaban J connectivity index is 1.96. The van der Waals surface area contributed by atoms with Crippen LogP contribution in [0.2, 0.25) is 0 Å². The highest BCUT2D eigenvalue weighted by Crippen LogP contribution is 2.18. The van der Waals surface area contributed by atoms with Crippen LogP contribution in [-0.4, -0.2) is 48.4 Å². The van der Waals surface area contributed by atoms with Crippen molar-refractivity contribution in [3.05, 3.63) is 0 Å². The normalized spacial score (nSPS) is 20.1. The second-order valence-electron chi connectivity index (χ2n) is 6.64. The summed E-state index contributed by atoms with van der Waals surface area (Å²) in [6.07, 6.45) is 7.41. The molecule has 1 heterocycles. The van der Waals surface area contributed by atoms with Gasteiger partial charge in [0.15, 0.2) is 0 Å². The second kappa shape index (κ2) is 10.9. The van der Waals surface area contributed by atoms with Crippen LogP contribution in [0.1, 0.15) is 64.7 Å². The van der Waals surface area contributed by atoms with E-state index in [2.05, 4.69) is 10.6 Å². The van der Waals surface area contributed by atoms with Crippen molar-refractivity contribution in [3.63, 3.8) is 0 Å². The van der Waals surface area contributed by atoms with E-state index in [4.69, 9.17) is 5.73 Å². The van der Waals surface area contributed by atoms with E-state index in [9.17, 15) is 14.4 Å². The maximum absolute atomic E-state index is 11.7. The third-order valence-electron chi connectivity index (χ3n) is 4.57. The Labute approximate surface area is 144 Å². The van der Waals surface area contributed by atoms with Gasteiger partial charge in [0, 0.05) is 32.5 Å². The molecule has 0 radical (unpaired) electrons. The topological polar surface area (TPSA) is 105 Å². The average molecular weight is 340 g/mol. The molecule has 0 aromatic carbocycles. The molecule has 1 saturated heterocycles. The van der Waals surface area contributed by atoms with Crippen molar-refractivity contribution in [3.8, 4) is 0 Å². The Hall–Kier alpha value is -1.79. The van der Waals surface area contributed by atoms with Gasteiger partial charge in [-0.25, -0.2) is 4.79 Å². The van der Waals surface area contributed by atoms with Crippen molar-refractivity contribution in [2.24, 2.45) is 5.73 Å². The maximum Gasteiger partial charge on any atom is 0.317 e. The van der Waals surface area contributed by atoms with Gasteiger partial charge in [0.2, 0.25) is 11.8 Å². The molecular weight excluding hydrogens is 308 g/mol. The minimum Gasteiger partial charge on any atom is -0.370 e. The monoisotopic (exact) mass is 340 g/mol. The van der Waals surface area contributed by atoms with E-state index in [1.165, 1.54) is 0 Å². The first-order valence-corrected chi connectivity index (χ1v) is 9.00. The van der Waals surface area contributed by atoms with E-state index in [1.54, 1.807) is 4.90 Å². The van der Waals surface area contributed by atoms with Crippen molar-refractivity contribution < 1.29 is 14.4 Å². The summed E-state index contributed by atoms with van der Waals surface area (Å²) >= 11 is 0. The van der Waals surface area contributed by atoms with E-state index < -0.39 is 0 Å². The molecular formula is C17H32N4O3. The van der Waals surface area contributed by atoms with Crippen LogP contribution < -0.4 is 16.4 Å². The summed E-state index contributed by atoms with van der Waals surface area (Å²) < 4.78 is 0. The fraction of sp³-hybridized carbons (Fsp3) is 0.824. The highest BCUT2D eigenvalue weighted by atomic mass is 16.2. The van der Waals surface area contributed by atoms with E-state index in [0.717, 1.165) is 44.9 Å². The molecule has 0 aliphatic carbocycles. The largest absolute Gasteiger partial charge is 0.370 e. The van der Waals surface area contributed by atoms with E-state index >= 15 is 0 Å². The molecule has 1 aliphatic heterocycles. The Morgan fingerprint density at radius 3 is 2.42 bits per heavy atom. The van der Waals surface area contributed by atoms with Crippen LogP contribution in [0.3, 0.4) is 0 Å². The third kappa shape index (κ3) is 7.66. The zero-order valence-corrected chi connectivity index (χ0v) is 15.0. The van der Waals surface area contributed by atoms with Crippen LogP contribution in [0.4, 0.5) is 4.79 Å². The average Bonchev–Trinajstić information content (AvgIpc) is 2.76. The number of primary amides is 1. The summed E-state index contributed by atoms with van der Waals surface area (Å²) in [6, 6.07) is 0.454. The first kappa shape index (κ1) is 20.3. The van der Waals surface area contributed by atoms with Gasteiger partial charge in [-0.3, -0.25) is 9.59 Å². The molecule has 7 heteroatoms. The zero-order chi connectivity index (χ0) is 17.9. The first-order valence-electron chi connectivity index (χ1n) is 9.00. The lowest BCUT2D eigenvalue weighted by molar-refractivity contribution is -0.121. The van der Waals surface area contributed by atoms with Crippen LogP contribution in [-0.2, 0) is 9.59 Å². The molecule has 4 N–H and O–H groups in total. The molecule has 0 saturated carbocycles. The number of unbranched alkanes of at least 4 members (excludes halogenated alkanes) is 4. The van der Waals surface area contributed by atoms with Gasteiger partial charge in [0.25, 0.3) is 0 Å². The predicted molar refractivity (Wildman–Crippen MR) is 93.3 cm³/mol. The highest BCUT2D eigenvalue weighted by Gasteiger charge is 2.32. The number of nitrogens with zero attached hydrogens (tertiary/aromatic N) is 1. The molecule has 2 atom stereocenters. The Morgan fingerprint density at radius 1 is 1.12 bits per heavy atom. The number of nitrogens with one attached hydrogen (secondary N) is 2. The van der Waals surface area contributed by atoms with Gasteiger partial charge in [-0.05, 0) is 32.6 Å². The van der Waals surface area contributed by atoms with Crippen molar-refractivity contribution in [2.45, 2.75) is 76.8 Å². The van der Waals surface area contributed by atoms with Gasteiger partial charge in [0.05, 0.1) is 6.04 Å². The summed E-state index contributed by atoms with van der Waals surface area (Å²) in [5, 5.41) is 5.82. The van der Waals surface area contributed by atoms with Gasteiger partial charge >= 0.3 is 6.03 Å². The zero-order valence-electron chi connectivity index (χ0n) is 15.0. The molecule has 1 aliphatic rings. The molecule has 24 heavy (non-hydrogen) atoms. The maximum atomic E-state index is 11.7. The number of carbonyl (C=O) groups excluding carboxylic acids is 3. The number of amides is 4. The number of hydrogen-bond acceptors (Lipinski definition) is 3. The molecule has 0 aromatic rings. The number of hydrogen-bond donors (Lipinski definition) is 3. The predicted octanol–water partition coefficient (Wildman–Crippen LogP) is 1.51. The SMILES string of the molecule is C[C@@H]1NC(=O)N(C)[C@@H]1CCCCCC(=O)NCCCCCC(N)=O. The molecule has 7 nitrogen and oxygen atoms in total. The molecule has 0 aromatic heterocycles. The quantitative estimate of drug-likeness (QED) is 0.469. The fourth-order valence-electron chi connectivity index (χ4n) is 3.06. The standard InChI is InChI=1S/C17H32N4O3/c1-13-14(21(2)17(24)20-13)9-5-3-7-11-16(23)19-12-8-4-6-10-15(18)22/h13-14H,3-12H2,1-2H3,(H2,18,22)(H,19,23)(H,20,24)/t13-,14+/m0/s1. The minimum absolute atomic E-state index is 0.00251. The minimum atomic E-state index is -0.266.